The SMILES string of the molecule is CC1(C)OC(=O)N(CCNC(=O)c2cccc(Nc3ccc(O)cc3C=N)c2)C1=O. The second-order valence-corrected chi connectivity index (χ2v) is 7.21. The topological polar surface area (TPSA) is 132 Å². The molecule has 0 spiro atoms. The Bertz CT molecular complexity index is 1020. The summed E-state index contributed by atoms with van der Waals surface area (Å²) in [6.45, 7) is 3.13. The zero-order valence-corrected chi connectivity index (χ0v) is 16.6. The van der Waals surface area contributed by atoms with Gasteiger partial charge >= 0.3 is 6.09 Å². The third-order valence-corrected chi connectivity index (χ3v) is 4.54. The number of imide groups is 1. The van der Waals surface area contributed by atoms with E-state index >= 15 is 0 Å². The van der Waals surface area contributed by atoms with Crippen LogP contribution < -0.4 is 10.6 Å². The molecule has 1 saturated heterocycles. The molecular weight excluding hydrogens is 388 g/mol. The number of carbonyl (C=O) groups is 3. The summed E-state index contributed by atoms with van der Waals surface area (Å²) in [5.41, 5.74) is 0.913. The van der Waals surface area contributed by atoms with Gasteiger partial charge in [-0.15, -0.1) is 0 Å². The molecule has 3 rings (SSSR count). The highest BCUT2D eigenvalue weighted by Crippen LogP contribution is 2.24. The maximum atomic E-state index is 12.5. The molecule has 1 aliphatic rings. The van der Waals surface area contributed by atoms with Gasteiger partial charge in [-0.1, -0.05) is 6.07 Å². The van der Waals surface area contributed by atoms with Gasteiger partial charge in [0, 0.05) is 41.8 Å². The molecule has 2 aromatic carbocycles. The van der Waals surface area contributed by atoms with Crippen molar-refractivity contribution in [3.63, 3.8) is 0 Å². The van der Waals surface area contributed by atoms with Crippen LogP contribution in [0.3, 0.4) is 0 Å². The molecule has 9 nitrogen and oxygen atoms in total. The molecule has 0 aliphatic carbocycles. The Morgan fingerprint density at radius 2 is 2.00 bits per heavy atom. The Morgan fingerprint density at radius 1 is 1.23 bits per heavy atom. The second kappa shape index (κ2) is 8.24. The Balaban J connectivity index is 1.62. The standard InChI is InChI=1S/C21H22N4O5/c1-21(2)19(28)25(20(29)30-21)9-8-23-18(27)13-4-3-5-15(10-13)24-17-7-6-16(26)11-14(17)12-22/h3-7,10-12,22,24,26H,8-9H2,1-2H3,(H,23,27). The lowest BCUT2D eigenvalue weighted by atomic mass is 10.1. The molecule has 0 atom stereocenters. The normalized spacial score (nSPS) is 14.9. The van der Waals surface area contributed by atoms with Gasteiger partial charge in [-0.05, 0) is 50.2 Å². The summed E-state index contributed by atoms with van der Waals surface area (Å²) in [5, 5.41) is 22.8. The van der Waals surface area contributed by atoms with E-state index in [0.717, 1.165) is 11.1 Å². The predicted molar refractivity (Wildman–Crippen MR) is 110 cm³/mol. The molecule has 1 aliphatic heterocycles. The average molecular weight is 410 g/mol. The minimum absolute atomic E-state index is 0.0149. The first-order valence-corrected chi connectivity index (χ1v) is 9.25. The minimum Gasteiger partial charge on any atom is -0.508 e. The fourth-order valence-corrected chi connectivity index (χ4v) is 2.98. The number of nitrogens with one attached hydrogen (secondary N) is 3. The fraction of sp³-hybridized carbons (Fsp3) is 0.238. The molecule has 4 N–H and O–H groups in total. The largest absolute Gasteiger partial charge is 0.508 e. The minimum atomic E-state index is -1.19. The number of carbonyl (C=O) groups excluding carboxylic acids is 3. The molecule has 0 unspecified atom stereocenters. The third-order valence-electron chi connectivity index (χ3n) is 4.54. The lowest BCUT2D eigenvalue weighted by Gasteiger charge is -2.14. The van der Waals surface area contributed by atoms with Crippen LogP contribution in [0, 0.1) is 5.41 Å². The first-order valence-electron chi connectivity index (χ1n) is 9.25. The Morgan fingerprint density at radius 3 is 2.67 bits per heavy atom. The van der Waals surface area contributed by atoms with Crippen LogP contribution in [-0.2, 0) is 9.53 Å². The van der Waals surface area contributed by atoms with Crippen molar-refractivity contribution in [1.29, 1.82) is 5.41 Å². The Hall–Kier alpha value is -3.88. The number of phenols is 1. The molecular formula is C21H22N4O5. The van der Waals surface area contributed by atoms with Crippen molar-refractivity contribution in [1.82, 2.24) is 10.2 Å². The van der Waals surface area contributed by atoms with Crippen molar-refractivity contribution in [3.05, 3.63) is 53.6 Å². The molecule has 9 heteroatoms. The lowest BCUT2D eigenvalue weighted by molar-refractivity contribution is -0.134. The zero-order chi connectivity index (χ0) is 21.9. The van der Waals surface area contributed by atoms with Crippen LogP contribution in [0.2, 0.25) is 0 Å². The molecule has 0 aromatic heterocycles. The molecule has 1 fully saturated rings. The van der Waals surface area contributed by atoms with E-state index in [-0.39, 0.29) is 24.7 Å². The average Bonchev–Trinajstić information content (AvgIpc) is 2.90. The summed E-state index contributed by atoms with van der Waals surface area (Å²) in [5.74, 6) is -0.754. The van der Waals surface area contributed by atoms with Crippen molar-refractivity contribution >= 4 is 35.5 Å². The predicted octanol–water partition coefficient (Wildman–Crippen LogP) is 2.62. The monoisotopic (exact) mass is 410 g/mol. The van der Waals surface area contributed by atoms with Crippen molar-refractivity contribution in [2.75, 3.05) is 18.4 Å². The van der Waals surface area contributed by atoms with E-state index in [1.165, 1.54) is 26.0 Å². The first-order chi connectivity index (χ1) is 14.2. The van der Waals surface area contributed by atoms with Gasteiger partial charge in [-0.2, -0.15) is 0 Å². The smallest absolute Gasteiger partial charge is 0.417 e. The van der Waals surface area contributed by atoms with E-state index in [4.69, 9.17) is 10.1 Å². The fourth-order valence-electron chi connectivity index (χ4n) is 2.98. The number of rotatable bonds is 7. The van der Waals surface area contributed by atoms with Crippen molar-refractivity contribution < 1.29 is 24.2 Å². The number of amides is 3. The van der Waals surface area contributed by atoms with Crippen LogP contribution in [-0.4, -0.2) is 52.8 Å². The van der Waals surface area contributed by atoms with Crippen LogP contribution >= 0.6 is 0 Å². The van der Waals surface area contributed by atoms with E-state index in [0.29, 0.717) is 22.5 Å². The van der Waals surface area contributed by atoms with E-state index in [1.54, 1.807) is 30.3 Å². The molecule has 156 valence electrons. The van der Waals surface area contributed by atoms with Crippen LogP contribution in [0.4, 0.5) is 16.2 Å². The van der Waals surface area contributed by atoms with Gasteiger partial charge in [-0.3, -0.25) is 9.59 Å². The molecule has 0 radical (unpaired) electrons. The number of nitrogens with zero attached hydrogens (tertiary/aromatic N) is 1. The Kier molecular flexibility index (Phi) is 5.72. The van der Waals surface area contributed by atoms with Crippen molar-refractivity contribution in [2.24, 2.45) is 0 Å². The first kappa shape index (κ1) is 20.8. The van der Waals surface area contributed by atoms with Gasteiger partial charge in [0.2, 0.25) is 0 Å². The van der Waals surface area contributed by atoms with E-state index in [1.807, 2.05) is 0 Å². The lowest BCUT2D eigenvalue weighted by Crippen LogP contribution is -2.40. The second-order valence-electron chi connectivity index (χ2n) is 7.21. The van der Waals surface area contributed by atoms with E-state index in [2.05, 4.69) is 10.6 Å². The summed E-state index contributed by atoms with van der Waals surface area (Å²) < 4.78 is 5.00. The number of aromatic hydroxyl groups is 1. The van der Waals surface area contributed by atoms with Gasteiger partial charge in [0.15, 0.2) is 5.60 Å². The van der Waals surface area contributed by atoms with E-state index < -0.39 is 17.6 Å². The van der Waals surface area contributed by atoms with Gasteiger partial charge < -0.3 is 25.9 Å². The number of phenolic OH excluding ortho intramolecular Hbond substituents is 1. The highest BCUT2D eigenvalue weighted by molar-refractivity contribution is 6.02. The highest BCUT2D eigenvalue weighted by Gasteiger charge is 2.46. The van der Waals surface area contributed by atoms with Crippen LogP contribution in [0.5, 0.6) is 5.75 Å². The number of hydrogen-bond donors (Lipinski definition) is 4. The summed E-state index contributed by atoms with van der Waals surface area (Å²) >= 11 is 0. The molecule has 1 heterocycles. The van der Waals surface area contributed by atoms with Crippen LogP contribution in [0.25, 0.3) is 0 Å². The Labute approximate surface area is 173 Å². The van der Waals surface area contributed by atoms with Gasteiger partial charge in [0.25, 0.3) is 11.8 Å². The maximum Gasteiger partial charge on any atom is 0.417 e. The molecule has 2 aromatic rings. The maximum absolute atomic E-state index is 12.5. The summed E-state index contributed by atoms with van der Waals surface area (Å²) in [6.07, 6.45) is 0.395. The van der Waals surface area contributed by atoms with Crippen molar-refractivity contribution in [2.45, 2.75) is 19.4 Å². The zero-order valence-electron chi connectivity index (χ0n) is 16.6. The summed E-state index contributed by atoms with van der Waals surface area (Å²) in [6, 6.07) is 11.3. The summed E-state index contributed by atoms with van der Waals surface area (Å²) in [4.78, 5) is 37.3. The summed E-state index contributed by atoms with van der Waals surface area (Å²) in [7, 11) is 0. The van der Waals surface area contributed by atoms with Crippen LogP contribution in [0.1, 0.15) is 29.8 Å². The van der Waals surface area contributed by atoms with E-state index in [9.17, 15) is 19.5 Å². The van der Waals surface area contributed by atoms with Crippen LogP contribution in [0.15, 0.2) is 42.5 Å². The van der Waals surface area contributed by atoms with Gasteiger partial charge in [-0.25, -0.2) is 9.69 Å². The van der Waals surface area contributed by atoms with Crippen molar-refractivity contribution in [3.8, 4) is 5.75 Å². The quantitative estimate of drug-likeness (QED) is 0.410. The number of benzene rings is 2. The molecule has 3 amide bonds. The number of anilines is 2. The molecule has 30 heavy (non-hydrogen) atoms. The number of ether oxygens (including phenoxy) is 1. The van der Waals surface area contributed by atoms with Gasteiger partial charge in [0.1, 0.15) is 5.75 Å². The third kappa shape index (κ3) is 4.40. The molecule has 0 bridgehead atoms. The van der Waals surface area contributed by atoms with Gasteiger partial charge in [0.05, 0.1) is 0 Å². The molecule has 0 saturated carbocycles. The highest BCUT2D eigenvalue weighted by atomic mass is 16.6. The number of cyclic esters (lactones) is 1. The number of hydrogen-bond acceptors (Lipinski definition) is 7.